The first-order chi connectivity index (χ1) is 16.4. The molecule has 0 spiro atoms. The van der Waals surface area contributed by atoms with E-state index in [-0.39, 0.29) is 0 Å². The van der Waals surface area contributed by atoms with Gasteiger partial charge in [-0.2, -0.15) is 0 Å². The van der Waals surface area contributed by atoms with Gasteiger partial charge in [0, 0.05) is 36.1 Å². The summed E-state index contributed by atoms with van der Waals surface area (Å²) in [6, 6.07) is 12.5. The molecular weight excluding hydrogens is 433 g/mol. The van der Waals surface area contributed by atoms with Crippen LogP contribution in [0.15, 0.2) is 48.7 Å². The van der Waals surface area contributed by atoms with E-state index in [1.165, 1.54) is 0 Å². The fourth-order valence-electron chi connectivity index (χ4n) is 4.36. The molecule has 5 N–H and O–H groups in total. The summed E-state index contributed by atoms with van der Waals surface area (Å²) < 4.78 is 7.81. The van der Waals surface area contributed by atoms with Crippen LogP contribution in [0.3, 0.4) is 0 Å². The second kappa shape index (κ2) is 8.81. The normalized spacial score (nSPS) is 12.8. The Balaban J connectivity index is 1.57. The van der Waals surface area contributed by atoms with Gasteiger partial charge in [0.05, 0.1) is 18.0 Å². The van der Waals surface area contributed by atoms with Crippen LogP contribution in [-0.4, -0.2) is 44.2 Å². The molecule has 0 bridgehead atoms. The van der Waals surface area contributed by atoms with E-state index in [9.17, 15) is 14.8 Å². The van der Waals surface area contributed by atoms with Gasteiger partial charge in [0.1, 0.15) is 0 Å². The summed E-state index contributed by atoms with van der Waals surface area (Å²) >= 11 is 0. The SMILES string of the molecule is Cn1cc2c(C(N)=O)cccc2c1-c1nc2c(c(NCc3cccc(B(O)O)c3)n1)OCCC2. The van der Waals surface area contributed by atoms with Gasteiger partial charge in [0.15, 0.2) is 17.4 Å². The molecule has 0 aliphatic carbocycles. The van der Waals surface area contributed by atoms with E-state index in [4.69, 9.17) is 20.4 Å². The Morgan fingerprint density at radius 1 is 1.21 bits per heavy atom. The van der Waals surface area contributed by atoms with E-state index in [1.807, 2.05) is 29.9 Å². The van der Waals surface area contributed by atoms with Crippen molar-refractivity contribution in [1.82, 2.24) is 14.5 Å². The predicted octanol–water partition coefficient (Wildman–Crippen LogP) is 1.35. The van der Waals surface area contributed by atoms with Crippen LogP contribution >= 0.6 is 0 Å². The third kappa shape index (κ3) is 3.97. The molecular formula is C24H24BN5O4. The molecule has 0 unspecified atom stereocenters. The summed E-state index contributed by atoms with van der Waals surface area (Å²) in [5, 5.41) is 23.8. The van der Waals surface area contributed by atoms with Crippen LogP contribution in [-0.2, 0) is 20.0 Å². The molecule has 2 aromatic heterocycles. The number of carbonyl (C=O) groups is 1. The fraction of sp³-hybridized carbons (Fsp3) is 0.208. The zero-order valence-corrected chi connectivity index (χ0v) is 18.7. The topological polar surface area (TPSA) is 136 Å². The lowest BCUT2D eigenvalue weighted by Crippen LogP contribution is -2.30. The second-order valence-electron chi connectivity index (χ2n) is 8.32. The number of nitrogens with one attached hydrogen (secondary N) is 1. The van der Waals surface area contributed by atoms with Gasteiger partial charge in [-0.15, -0.1) is 0 Å². The molecule has 1 aliphatic heterocycles. The minimum absolute atomic E-state index is 0.409. The average Bonchev–Trinajstić information content (AvgIpc) is 3.18. The number of aromatic nitrogens is 3. The van der Waals surface area contributed by atoms with E-state index in [1.54, 1.807) is 30.3 Å². The van der Waals surface area contributed by atoms with E-state index >= 15 is 0 Å². The summed E-state index contributed by atoms with van der Waals surface area (Å²) in [5.41, 5.74) is 8.91. The van der Waals surface area contributed by atoms with Crippen molar-refractivity contribution in [2.75, 3.05) is 11.9 Å². The third-order valence-corrected chi connectivity index (χ3v) is 5.96. The van der Waals surface area contributed by atoms with E-state index in [0.717, 1.165) is 40.6 Å². The molecule has 34 heavy (non-hydrogen) atoms. The van der Waals surface area contributed by atoms with Crippen molar-refractivity contribution in [2.24, 2.45) is 12.8 Å². The molecule has 5 rings (SSSR count). The Labute approximate surface area is 196 Å². The number of benzene rings is 2. The Morgan fingerprint density at radius 3 is 2.82 bits per heavy atom. The van der Waals surface area contributed by atoms with Gasteiger partial charge in [-0.3, -0.25) is 4.79 Å². The first-order valence-corrected chi connectivity index (χ1v) is 11.0. The number of rotatable bonds is 6. The Kier molecular flexibility index (Phi) is 5.68. The Morgan fingerprint density at radius 2 is 2.03 bits per heavy atom. The fourth-order valence-corrected chi connectivity index (χ4v) is 4.36. The number of hydrogen-bond donors (Lipinski definition) is 4. The largest absolute Gasteiger partial charge is 0.488 e. The quantitative estimate of drug-likeness (QED) is 0.321. The molecule has 10 heteroatoms. The number of hydrogen-bond acceptors (Lipinski definition) is 7. The third-order valence-electron chi connectivity index (χ3n) is 5.96. The van der Waals surface area contributed by atoms with Gasteiger partial charge in [-0.05, 0) is 29.9 Å². The molecule has 2 aromatic carbocycles. The summed E-state index contributed by atoms with van der Waals surface area (Å²) in [6.07, 6.45) is 3.49. The Hall–Kier alpha value is -3.89. The smallest absolute Gasteiger partial charge is 0.488 e. The maximum absolute atomic E-state index is 11.9. The number of anilines is 1. The molecule has 0 radical (unpaired) electrons. The van der Waals surface area contributed by atoms with Gasteiger partial charge in [0.2, 0.25) is 5.91 Å². The average molecular weight is 457 g/mol. The first kappa shape index (κ1) is 21.9. The molecule has 4 aromatic rings. The number of aryl methyl sites for hydroxylation is 2. The molecule has 0 saturated heterocycles. The van der Waals surface area contributed by atoms with Gasteiger partial charge in [0.25, 0.3) is 0 Å². The lowest BCUT2D eigenvalue weighted by atomic mass is 9.80. The number of nitrogens with two attached hydrogens (primary N) is 1. The summed E-state index contributed by atoms with van der Waals surface area (Å²) in [5.74, 6) is 1.23. The van der Waals surface area contributed by atoms with Crippen molar-refractivity contribution >= 4 is 35.1 Å². The van der Waals surface area contributed by atoms with Crippen molar-refractivity contribution < 1.29 is 19.6 Å². The molecule has 0 fully saturated rings. The van der Waals surface area contributed by atoms with Crippen molar-refractivity contribution in [2.45, 2.75) is 19.4 Å². The molecule has 9 nitrogen and oxygen atoms in total. The van der Waals surface area contributed by atoms with Crippen LogP contribution in [0.5, 0.6) is 5.75 Å². The van der Waals surface area contributed by atoms with Crippen molar-refractivity contribution in [1.29, 1.82) is 0 Å². The van der Waals surface area contributed by atoms with Crippen molar-refractivity contribution in [3.63, 3.8) is 0 Å². The van der Waals surface area contributed by atoms with Crippen molar-refractivity contribution in [3.8, 4) is 17.3 Å². The molecule has 172 valence electrons. The van der Waals surface area contributed by atoms with Gasteiger partial charge < -0.3 is 30.4 Å². The van der Waals surface area contributed by atoms with Crippen LogP contribution in [0.25, 0.3) is 22.3 Å². The Bertz CT molecular complexity index is 1400. The van der Waals surface area contributed by atoms with E-state index < -0.39 is 13.0 Å². The number of carbonyl (C=O) groups excluding carboxylic acids is 1. The highest BCUT2D eigenvalue weighted by Gasteiger charge is 2.23. The van der Waals surface area contributed by atoms with E-state index in [2.05, 4.69) is 5.32 Å². The number of amides is 1. The number of ether oxygens (including phenoxy) is 1. The monoisotopic (exact) mass is 457 g/mol. The summed E-state index contributed by atoms with van der Waals surface area (Å²) in [7, 11) is 0.357. The highest BCUT2D eigenvalue weighted by atomic mass is 16.5. The lowest BCUT2D eigenvalue weighted by Gasteiger charge is -2.21. The molecule has 1 aliphatic rings. The van der Waals surface area contributed by atoms with Crippen LogP contribution in [0, 0.1) is 0 Å². The highest BCUT2D eigenvalue weighted by molar-refractivity contribution is 6.58. The highest BCUT2D eigenvalue weighted by Crippen LogP contribution is 2.36. The maximum atomic E-state index is 11.9. The maximum Gasteiger partial charge on any atom is 0.488 e. The lowest BCUT2D eigenvalue weighted by molar-refractivity contribution is 0.100. The van der Waals surface area contributed by atoms with Gasteiger partial charge in [-0.25, -0.2) is 9.97 Å². The second-order valence-corrected chi connectivity index (χ2v) is 8.32. The zero-order valence-electron chi connectivity index (χ0n) is 18.7. The predicted molar refractivity (Wildman–Crippen MR) is 130 cm³/mol. The minimum Gasteiger partial charge on any atom is -0.488 e. The van der Waals surface area contributed by atoms with Gasteiger partial charge in [-0.1, -0.05) is 36.4 Å². The number of nitrogens with zero attached hydrogens (tertiary/aromatic N) is 3. The molecule has 1 amide bonds. The minimum atomic E-state index is -1.53. The first-order valence-electron chi connectivity index (χ1n) is 11.0. The number of fused-ring (bicyclic) bond motifs is 2. The molecule has 0 atom stereocenters. The van der Waals surface area contributed by atoms with Crippen LogP contribution < -0.4 is 21.3 Å². The summed E-state index contributed by atoms with van der Waals surface area (Å²) in [6.45, 7) is 0.998. The van der Waals surface area contributed by atoms with Crippen LogP contribution in [0.4, 0.5) is 5.82 Å². The van der Waals surface area contributed by atoms with Gasteiger partial charge >= 0.3 is 7.12 Å². The standard InChI is InChI=1S/C24H24BN5O4/c1-30-13-18-16(7-3-8-17(18)22(26)31)20(30)23-28-19-9-4-10-34-21(19)24(29-23)27-12-14-5-2-6-15(11-14)25(32)33/h2-3,5-8,11,13,32-33H,4,9-10,12H2,1H3,(H2,26,31)(H,27,28,29). The molecule has 0 saturated carbocycles. The van der Waals surface area contributed by atoms with Crippen LogP contribution in [0.1, 0.15) is 28.0 Å². The summed E-state index contributed by atoms with van der Waals surface area (Å²) in [4.78, 5) is 21.5. The van der Waals surface area contributed by atoms with E-state index in [0.29, 0.717) is 41.6 Å². The number of primary amides is 1. The van der Waals surface area contributed by atoms with Crippen molar-refractivity contribution in [3.05, 3.63) is 65.5 Å². The zero-order chi connectivity index (χ0) is 23.8. The molecule has 3 heterocycles. The van der Waals surface area contributed by atoms with Crippen LogP contribution in [0.2, 0.25) is 0 Å².